The largest absolute Gasteiger partial charge is 0.394 e. The van der Waals surface area contributed by atoms with E-state index in [2.05, 4.69) is 15.1 Å². The van der Waals surface area contributed by atoms with Gasteiger partial charge in [-0.1, -0.05) is 24.3 Å². The minimum atomic E-state index is -4.11. The zero-order valence-electron chi connectivity index (χ0n) is 18.0. The summed E-state index contributed by atoms with van der Waals surface area (Å²) in [6.45, 7) is -0.925. The summed E-state index contributed by atoms with van der Waals surface area (Å²) in [7, 11) is -4.11. The maximum Gasteiger partial charge on any atom is 0.276 e. The van der Waals surface area contributed by atoms with Gasteiger partial charge < -0.3 is 10.2 Å². The number of aromatic amines is 1. The first kappa shape index (κ1) is 23.4. The van der Waals surface area contributed by atoms with Crippen molar-refractivity contribution < 1.29 is 18.6 Å². The Hall–Kier alpha value is -3.80. The Bertz CT molecular complexity index is 1390. The molecule has 10 nitrogen and oxygen atoms in total. The Balaban J connectivity index is 1.62. The van der Waals surface area contributed by atoms with Crippen LogP contribution in [0.3, 0.4) is 0 Å². The van der Waals surface area contributed by atoms with Gasteiger partial charge in [0.15, 0.2) is 5.82 Å². The molecule has 0 aliphatic carbocycles. The maximum absolute atomic E-state index is 13.3. The normalized spacial score (nSPS) is 12.4. The quantitative estimate of drug-likeness (QED) is 0.325. The number of para-hydroxylation sites is 1. The number of anilines is 1. The number of pyridine rings is 2. The molecule has 0 aliphatic rings. The van der Waals surface area contributed by atoms with Crippen LogP contribution in [0.5, 0.6) is 0 Å². The Morgan fingerprint density at radius 2 is 1.85 bits per heavy atom. The second kappa shape index (κ2) is 10.00. The van der Waals surface area contributed by atoms with E-state index in [1.807, 2.05) is 6.07 Å². The molecule has 0 fully saturated rings. The lowest BCUT2D eigenvalue weighted by Gasteiger charge is -2.26. The van der Waals surface area contributed by atoms with Crippen LogP contribution in [0.4, 0.5) is 5.69 Å². The number of H-pyrrole nitrogens is 1. The molecule has 0 spiro atoms. The van der Waals surface area contributed by atoms with Crippen molar-refractivity contribution >= 4 is 15.7 Å². The highest BCUT2D eigenvalue weighted by Crippen LogP contribution is 2.24. The highest BCUT2D eigenvalue weighted by molar-refractivity contribution is 7.92. The number of hydrogen-bond donors (Lipinski definition) is 3. The number of sulfonamides is 1. The molecule has 0 saturated heterocycles. The van der Waals surface area contributed by atoms with E-state index in [-0.39, 0.29) is 22.8 Å². The molecule has 0 saturated carbocycles. The third-order valence-electron chi connectivity index (χ3n) is 5.13. The van der Waals surface area contributed by atoms with Gasteiger partial charge in [0.2, 0.25) is 0 Å². The van der Waals surface area contributed by atoms with Crippen molar-refractivity contribution in [2.45, 2.75) is 17.4 Å². The Morgan fingerprint density at radius 3 is 2.50 bits per heavy atom. The van der Waals surface area contributed by atoms with E-state index in [4.69, 9.17) is 0 Å². The standard InChI is InChI=1S/C23H23N5O5S/c29-16-20(30)15-27(19-6-2-1-3-7-19)34(32,33)21-8-9-22(25-14-21)28-23(31)18(13-26-28)11-17-5-4-10-24-12-17/h1-10,12-14,20,26,29-30H,11,15-16H2. The van der Waals surface area contributed by atoms with Crippen LogP contribution < -0.4 is 9.86 Å². The van der Waals surface area contributed by atoms with Crippen molar-refractivity contribution in [2.75, 3.05) is 17.5 Å². The molecule has 34 heavy (non-hydrogen) atoms. The lowest BCUT2D eigenvalue weighted by molar-refractivity contribution is 0.102. The number of aliphatic hydroxyl groups is 2. The van der Waals surface area contributed by atoms with Gasteiger partial charge in [0.25, 0.3) is 15.6 Å². The molecular formula is C23H23N5O5S. The van der Waals surface area contributed by atoms with E-state index in [9.17, 15) is 23.4 Å². The lowest BCUT2D eigenvalue weighted by Crippen LogP contribution is -2.39. The molecule has 11 heteroatoms. The fourth-order valence-corrected chi connectivity index (χ4v) is 4.84. The Morgan fingerprint density at radius 1 is 1.06 bits per heavy atom. The predicted octanol–water partition coefficient (Wildman–Crippen LogP) is 1.09. The monoisotopic (exact) mass is 481 g/mol. The summed E-state index contributed by atoms with van der Waals surface area (Å²) in [5.41, 5.74) is 1.43. The van der Waals surface area contributed by atoms with Crippen LogP contribution in [0.2, 0.25) is 0 Å². The van der Waals surface area contributed by atoms with E-state index in [0.29, 0.717) is 17.7 Å². The van der Waals surface area contributed by atoms with Gasteiger partial charge in [-0.05, 0) is 35.9 Å². The van der Waals surface area contributed by atoms with Crippen molar-refractivity contribution in [2.24, 2.45) is 0 Å². The first-order valence-electron chi connectivity index (χ1n) is 10.4. The van der Waals surface area contributed by atoms with Gasteiger partial charge in [0.05, 0.1) is 24.9 Å². The molecule has 3 N–H and O–H groups in total. The molecule has 0 bridgehead atoms. The number of aromatic nitrogens is 4. The van der Waals surface area contributed by atoms with Crippen molar-refractivity contribution in [3.05, 3.63) is 101 Å². The average Bonchev–Trinajstić information content (AvgIpc) is 3.23. The summed E-state index contributed by atoms with van der Waals surface area (Å²) in [5, 5.41) is 22.0. The van der Waals surface area contributed by atoms with Gasteiger partial charge in [-0.25, -0.2) is 18.1 Å². The zero-order chi connectivity index (χ0) is 24.1. The summed E-state index contributed by atoms with van der Waals surface area (Å²) in [6, 6.07) is 14.7. The third kappa shape index (κ3) is 4.91. The van der Waals surface area contributed by atoms with E-state index in [1.54, 1.807) is 55.0 Å². The molecule has 3 aromatic heterocycles. The highest BCUT2D eigenvalue weighted by atomic mass is 32.2. The fraction of sp³-hybridized carbons (Fsp3) is 0.174. The first-order valence-corrected chi connectivity index (χ1v) is 11.9. The van der Waals surface area contributed by atoms with Gasteiger partial charge in [0, 0.05) is 36.8 Å². The number of aliphatic hydroxyl groups excluding tert-OH is 2. The van der Waals surface area contributed by atoms with Crippen molar-refractivity contribution in [1.82, 2.24) is 19.7 Å². The smallest absolute Gasteiger partial charge is 0.276 e. The van der Waals surface area contributed by atoms with Gasteiger partial charge in [-0.3, -0.25) is 19.2 Å². The van der Waals surface area contributed by atoms with Crippen LogP contribution in [0.1, 0.15) is 11.1 Å². The maximum atomic E-state index is 13.3. The van der Waals surface area contributed by atoms with Gasteiger partial charge in [-0.15, -0.1) is 0 Å². The van der Waals surface area contributed by atoms with E-state index >= 15 is 0 Å². The predicted molar refractivity (Wildman–Crippen MR) is 125 cm³/mol. The molecule has 3 heterocycles. The molecular weight excluding hydrogens is 458 g/mol. The van der Waals surface area contributed by atoms with Crippen molar-refractivity contribution in [3.63, 3.8) is 0 Å². The summed E-state index contributed by atoms with van der Waals surface area (Å²) in [6.07, 6.45) is 5.19. The summed E-state index contributed by atoms with van der Waals surface area (Å²) < 4.78 is 28.9. The number of hydrogen-bond acceptors (Lipinski definition) is 7. The van der Waals surface area contributed by atoms with Crippen LogP contribution >= 0.6 is 0 Å². The van der Waals surface area contributed by atoms with E-state index in [1.165, 1.54) is 16.8 Å². The average molecular weight is 482 g/mol. The Kier molecular flexibility index (Phi) is 6.87. The minimum Gasteiger partial charge on any atom is -0.394 e. The molecule has 4 aromatic rings. The number of nitrogens with one attached hydrogen (secondary N) is 1. The van der Waals surface area contributed by atoms with Crippen molar-refractivity contribution in [3.8, 4) is 5.82 Å². The Labute approximate surface area is 195 Å². The summed E-state index contributed by atoms with van der Waals surface area (Å²) in [4.78, 5) is 20.9. The van der Waals surface area contributed by atoms with Gasteiger partial charge >= 0.3 is 0 Å². The zero-order valence-corrected chi connectivity index (χ0v) is 18.8. The fourth-order valence-electron chi connectivity index (χ4n) is 3.40. The van der Waals surface area contributed by atoms with Crippen LogP contribution in [-0.2, 0) is 16.4 Å². The third-order valence-corrected chi connectivity index (χ3v) is 6.91. The second-order valence-electron chi connectivity index (χ2n) is 7.54. The molecule has 4 rings (SSSR count). The second-order valence-corrected chi connectivity index (χ2v) is 9.40. The number of nitrogens with zero attached hydrogens (tertiary/aromatic N) is 4. The topological polar surface area (TPSA) is 141 Å². The molecule has 1 aromatic carbocycles. The SMILES string of the molecule is O=c1c(Cc2cccnc2)c[nH]n1-c1ccc(S(=O)(=O)N(CC(O)CO)c2ccccc2)cn1. The van der Waals surface area contributed by atoms with Crippen LogP contribution in [0, 0.1) is 0 Å². The number of benzene rings is 1. The van der Waals surface area contributed by atoms with E-state index < -0.39 is 22.7 Å². The van der Waals surface area contributed by atoms with Gasteiger partial charge in [-0.2, -0.15) is 0 Å². The highest BCUT2D eigenvalue weighted by Gasteiger charge is 2.27. The molecule has 0 amide bonds. The summed E-state index contributed by atoms with van der Waals surface area (Å²) >= 11 is 0. The van der Waals surface area contributed by atoms with E-state index in [0.717, 1.165) is 16.1 Å². The minimum absolute atomic E-state index is 0.125. The molecule has 1 atom stereocenters. The molecule has 0 aliphatic heterocycles. The molecule has 0 radical (unpaired) electrons. The van der Waals surface area contributed by atoms with Crippen LogP contribution in [-0.4, -0.2) is 57.6 Å². The van der Waals surface area contributed by atoms with Gasteiger partial charge in [0.1, 0.15) is 4.90 Å². The van der Waals surface area contributed by atoms with Crippen LogP contribution in [0.25, 0.3) is 5.82 Å². The molecule has 176 valence electrons. The first-order chi connectivity index (χ1) is 16.4. The van der Waals surface area contributed by atoms with Crippen molar-refractivity contribution in [1.29, 1.82) is 0 Å². The van der Waals surface area contributed by atoms with Crippen LogP contribution in [0.15, 0.2) is 89.1 Å². The lowest BCUT2D eigenvalue weighted by atomic mass is 10.1. The molecule has 1 unspecified atom stereocenters. The summed E-state index contributed by atoms with van der Waals surface area (Å²) in [5.74, 6) is 0.225. The number of rotatable bonds is 9.